The van der Waals surface area contributed by atoms with Gasteiger partial charge in [0.1, 0.15) is 16.9 Å². The lowest BCUT2D eigenvalue weighted by Gasteiger charge is -2.09. The number of hydrogen-bond donors (Lipinski definition) is 2. The fourth-order valence-corrected chi connectivity index (χ4v) is 2.17. The van der Waals surface area contributed by atoms with Crippen LogP contribution in [0.25, 0.3) is 22.3 Å². The Hall–Kier alpha value is -2.95. The Labute approximate surface area is 137 Å². The molecule has 3 aromatic heterocycles. The van der Waals surface area contributed by atoms with Crippen LogP contribution in [0.2, 0.25) is 0 Å². The van der Waals surface area contributed by atoms with Gasteiger partial charge in [-0.25, -0.2) is 4.98 Å². The molecule has 0 aromatic carbocycles. The van der Waals surface area contributed by atoms with Crippen LogP contribution >= 0.6 is 0 Å². The summed E-state index contributed by atoms with van der Waals surface area (Å²) in [6, 6.07) is 0.835. The first kappa shape index (κ1) is 16.9. The number of aliphatic hydroxyl groups excluding tert-OH is 1. The van der Waals surface area contributed by atoms with Gasteiger partial charge in [-0.3, -0.25) is 14.8 Å². The van der Waals surface area contributed by atoms with Gasteiger partial charge in [-0.2, -0.15) is 18.2 Å². The van der Waals surface area contributed by atoms with Crippen molar-refractivity contribution in [1.82, 2.24) is 24.5 Å². The summed E-state index contributed by atoms with van der Waals surface area (Å²) in [5.41, 5.74) is -0.00522. The second-order valence-electron chi connectivity index (χ2n) is 5.05. The summed E-state index contributed by atoms with van der Waals surface area (Å²) in [7, 11) is 0. The molecule has 3 heterocycles. The third-order valence-electron chi connectivity index (χ3n) is 3.21. The number of hydrogen-bond acceptors (Lipinski definition) is 6. The summed E-state index contributed by atoms with van der Waals surface area (Å²) in [4.78, 5) is 26.4. The van der Waals surface area contributed by atoms with Crippen molar-refractivity contribution in [3.63, 3.8) is 0 Å². The molecule has 0 radical (unpaired) electrons. The number of nitrogens with zero attached hydrogens (tertiary/aromatic N) is 4. The van der Waals surface area contributed by atoms with Gasteiger partial charge in [-0.05, 0) is 6.07 Å². The molecular formula is C14H12F3N5O3. The molecule has 0 atom stereocenters. The molecule has 3 rings (SSSR count). The van der Waals surface area contributed by atoms with Gasteiger partial charge in [0.15, 0.2) is 6.61 Å². The maximum atomic E-state index is 12.3. The van der Waals surface area contributed by atoms with Crippen LogP contribution in [0.5, 0.6) is 6.01 Å². The first-order valence-electron chi connectivity index (χ1n) is 7.09. The van der Waals surface area contributed by atoms with E-state index in [-0.39, 0.29) is 23.2 Å². The molecule has 0 aliphatic rings. The van der Waals surface area contributed by atoms with Crippen LogP contribution in [-0.2, 0) is 6.54 Å². The number of aromatic amines is 1. The monoisotopic (exact) mass is 355 g/mol. The number of halogens is 3. The maximum absolute atomic E-state index is 12.3. The fourth-order valence-electron chi connectivity index (χ4n) is 2.17. The summed E-state index contributed by atoms with van der Waals surface area (Å²) in [6.45, 7) is -1.36. The molecule has 25 heavy (non-hydrogen) atoms. The predicted octanol–water partition coefficient (Wildman–Crippen LogP) is 1.11. The molecule has 132 valence electrons. The Balaban J connectivity index is 2.06. The van der Waals surface area contributed by atoms with Crippen LogP contribution < -0.4 is 10.3 Å². The number of nitrogens with one attached hydrogen (secondary N) is 1. The van der Waals surface area contributed by atoms with Crippen LogP contribution in [0.1, 0.15) is 0 Å². The number of fused-ring (bicyclic) bond motifs is 1. The highest BCUT2D eigenvalue weighted by Gasteiger charge is 2.29. The van der Waals surface area contributed by atoms with Crippen LogP contribution in [0.3, 0.4) is 0 Å². The van der Waals surface area contributed by atoms with Crippen molar-refractivity contribution >= 4 is 10.9 Å². The Kier molecular flexibility index (Phi) is 4.40. The topological polar surface area (TPSA) is 106 Å². The second-order valence-corrected chi connectivity index (χ2v) is 5.05. The number of aliphatic hydroxyl groups is 1. The van der Waals surface area contributed by atoms with Gasteiger partial charge in [-0.1, -0.05) is 0 Å². The molecule has 8 nitrogen and oxygen atoms in total. The Bertz CT molecular complexity index is 951. The van der Waals surface area contributed by atoms with Crippen molar-refractivity contribution in [2.24, 2.45) is 0 Å². The molecular weight excluding hydrogens is 343 g/mol. The fraction of sp³-hybridized carbons (Fsp3) is 0.286. The standard InChI is InChI=1S/C14H12F3N5O3/c15-14(16,17)6-25-13-20-10-8(12(24)21-13)1-2-18-11(10)9-5-22(3-4-23)7-19-9/h1-2,5,7,23H,3-4,6H2,(H,20,21,24). The van der Waals surface area contributed by atoms with Crippen molar-refractivity contribution in [2.75, 3.05) is 13.2 Å². The summed E-state index contributed by atoms with van der Waals surface area (Å²) in [6.07, 6.45) is -0.151. The van der Waals surface area contributed by atoms with Crippen LogP contribution in [0, 0.1) is 0 Å². The highest BCUT2D eigenvalue weighted by Crippen LogP contribution is 2.23. The highest BCUT2D eigenvalue weighted by molar-refractivity contribution is 5.89. The third kappa shape index (κ3) is 3.76. The number of rotatable bonds is 5. The number of ether oxygens (including phenoxy) is 1. The van der Waals surface area contributed by atoms with E-state index in [1.807, 2.05) is 0 Å². The zero-order valence-corrected chi connectivity index (χ0v) is 12.6. The number of imidazole rings is 1. The van der Waals surface area contributed by atoms with E-state index in [9.17, 15) is 18.0 Å². The van der Waals surface area contributed by atoms with E-state index in [4.69, 9.17) is 5.11 Å². The minimum absolute atomic E-state index is 0.0673. The van der Waals surface area contributed by atoms with Crippen LogP contribution in [-0.4, -0.2) is 49.0 Å². The highest BCUT2D eigenvalue weighted by atomic mass is 19.4. The summed E-state index contributed by atoms with van der Waals surface area (Å²) >= 11 is 0. The lowest BCUT2D eigenvalue weighted by Crippen LogP contribution is -2.21. The van der Waals surface area contributed by atoms with Gasteiger partial charge < -0.3 is 14.4 Å². The summed E-state index contributed by atoms with van der Waals surface area (Å²) in [5.74, 6) is 0. The van der Waals surface area contributed by atoms with Gasteiger partial charge in [0.25, 0.3) is 11.6 Å². The zero-order valence-electron chi connectivity index (χ0n) is 12.6. The largest absolute Gasteiger partial charge is 0.455 e. The van der Waals surface area contributed by atoms with Crippen LogP contribution in [0.4, 0.5) is 13.2 Å². The van der Waals surface area contributed by atoms with E-state index in [2.05, 4.69) is 24.7 Å². The third-order valence-corrected chi connectivity index (χ3v) is 3.21. The van der Waals surface area contributed by atoms with Crippen molar-refractivity contribution in [3.05, 3.63) is 35.1 Å². The van der Waals surface area contributed by atoms with E-state index in [1.54, 1.807) is 10.8 Å². The van der Waals surface area contributed by atoms with Crippen molar-refractivity contribution < 1.29 is 23.0 Å². The van der Waals surface area contributed by atoms with E-state index in [1.165, 1.54) is 18.6 Å². The number of aromatic nitrogens is 5. The zero-order chi connectivity index (χ0) is 18.0. The van der Waals surface area contributed by atoms with Gasteiger partial charge in [0, 0.05) is 18.9 Å². The molecule has 0 fully saturated rings. The van der Waals surface area contributed by atoms with Gasteiger partial charge >= 0.3 is 6.18 Å². The maximum Gasteiger partial charge on any atom is 0.422 e. The number of pyridine rings is 1. The average molecular weight is 355 g/mol. The number of H-pyrrole nitrogens is 1. The molecule has 0 bridgehead atoms. The molecule has 0 spiro atoms. The van der Waals surface area contributed by atoms with Crippen LogP contribution in [0.15, 0.2) is 29.6 Å². The first-order chi connectivity index (χ1) is 11.9. The lowest BCUT2D eigenvalue weighted by atomic mass is 10.2. The van der Waals surface area contributed by atoms with Crippen molar-refractivity contribution in [1.29, 1.82) is 0 Å². The molecule has 0 saturated carbocycles. The second kappa shape index (κ2) is 6.51. The summed E-state index contributed by atoms with van der Waals surface area (Å²) < 4.78 is 43.0. The predicted molar refractivity (Wildman–Crippen MR) is 80.0 cm³/mol. The SMILES string of the molecule is O=c1[nH]c(OCC(F)(F)F)nc2c(-c3cn(CCO)cn3)nccc12. The van der Waals surface area contributed by atoms with E-state index < -0.39 is 24.4 Å². The van der Waals surface area contributed by atoms with Crippen molar-refractivity contribution in [2.45, 2.75) is 12.7 Å². The lowest BCUT2D eigenvalue weighted by molar-refractivity contribution is -0.154. The Morgan fingerprint density at radius 1 is 1.32 bits per heavy atom. The smallest absolute Gasteiger partial charge is 0.422 e. The van der Waals surface area contributed by atoms with E-state index in [0.29, 0.717) is 12.2 Å². The minimum Gasteiger partial charge on any atom is -0.455 e. The van der Waals surface area contributed by atoms with Gasteiger partial charge in [0.05, 0.1) is 18.3 Å². The normalized spacial score (nSPS) is 11.8. The van der Waals surface area contributed by atoms with Crippen molar-refractivity contribution in [3.8, 4) is 17.4 Å². The summed E-state index contributed by atoms with van der Waals surface area (Å²) in [5, 5.41) is 9.08. The molecule has 2 N–H and O–H groups in total. The van der Waals surface area contributed by atoms with Gasteiger partial charge in [-0.15, -0.1) is 0 Å². The molecule has 0 aliphatic heterocycles. The quantitative estimate of drug-likeness (QED) is 0.710. The number of alkyl halides is 3. The molecule has 0 saturated heterocycles. The Morgan fingerprint density at radius 2 is 2.12 bits per heavy atom. The molecule has 0 amide bonds. The molecule has 0 unspecified atom stereocenters. The van der Waals surface area contributed by atoms with Gasteiger partial charge in [0.2, 0.25) is 0 Å². The van der Waals surface area contributed by atoms with E-state index >= 15 is 0 Å². The molecule has 11 heteroatoms. The average Bonchev–Trinajstić information content (AvgIpc) is 3.01. The van der Waals surface area contributed by atoms with E-state index in [0.717, 1.165) is 0 Å². The Morgan fingerprint density at radius 3 is 2.84 bits per heavy atom. The molecule has 3 aromatic rings. The molecule has 0 aliphatic carbocycles. The minimum atomic E-state index is -4.56. The first-order valence-corrected chi connectivity index (χ1v) is 7.09.